The molecule has 0 spiro atoms. The Hall–Kier alpha value is -2.28. The molecule has 21 heavy (non-hydrogen) atoms. The molecule has 0 amide bonds. The molecule has 0 aliphatic carbocycles. The van der Waals surface area contributed by atoms with Gasteiger partial charge in [0.05, 0.1) is 20.3 Å². The molecule has 1 aromatic carbocycles. The standard InChI is InChI=1S/C13H11ClFNO5/c1-19-10-5-7(8(15)6-11(10)20-2)13(14)9-3-4-12(21-9)16(17)18/h3-6,13H,1-2H3. The van der Waals surface area contributed by atoms with Crippen LogP contribution in [0.1, 0.15) is 16.7 Å². The number of benzene rings is 1. The van der Waals surface area contributed by atoms with Gasteiger partial charge in [0.1, 0.15) is 21.9 Å². The van der Waals surface area contributed by atoms with Crippen LogP contribution in [0, 0.1) is 15.9 Å². The molecule has 0 aliphatic heterocycles. The minimum absolute atomic E-state index is 0.0643. The first-order valence-corrected chi connectivity index (χ1v) is 6.21. The van der Waals surface area contributed by atoms with Crippen LogP contribution in [0.2, 0.25) is 0 Å². The number of methoxy groups -OCH3 is 2. The second-order valence-electron chi connectivity index (χ2n) is 4.02. The fourth-order valence-corrected chi connectivity index (χ4v) is 2.08. The van der Waals surface area contributed by atoms with Crippen molar-refractivity contribution in [2.24, 2.45) is 0 Å². The molecule has 1 unspecified atom stereocenters. The molecule has 0 fully saturated rings. The molecule has 2 rings (SSSR count). The van der Waals surface area contributed by atoms with Crippen molar-refractivity contribution < 1.29 is 23.2 Å². The average Bonchev–Trinajstić information content (AvgIpc) is 2.96. The first kappa shape index (κ1) is 15.1. The highest BCUT2D eigenvalue weighted by molar-refractivity contribution is 6.22. The Kier molecular flexibility index (Phi) is 4.32. The van der Waals surface area contributed by atoms with Crippen LogP contribution in [-0.2, 0) is 0 Å². The molecule has 6 nitrogen and oxygen atoms in total. The van der Waals surface area contributed by atoms with E-state index < -0.39 is 22.0 Å². The van der Waals surface area contributed by atoms with Gasteiger partial charge in [-0.1, -0.05) is 0 Å². The minimum Gasteiger partial charge on any atom is -0.493 e. The van der Waals surface area contributed by atoms with Crippen LogP contribution in [0.25, 0.3) is 0 Å². The lowest BCUT2D eigenvalue weighted by Gasteiger charge is -2.13. The monoisotopic (exact) mass is 315 g/mol. The van der Waals surface area contributed by atoms with E-state index in [0.717, 1.165) is 12.1 Å². The third-order valence-corrected chi connectivity index (χ3v) is 3.27. The Bertz CT molecular complexity index is 673. The number of furan rings is 1. The summed E-state index contributed by atoms with van der Waals surface area (Å²) >= 11 is 6.13. The number of nitrogens with zero attached hydrogens (tertiary/aromatic N) is 1. The molecular formula is C13H11ClFNO5. The largest absolute Gasteiger partial charge is 0.493 e. The van der Waals surface area contributed by atoms with E-state index in [4.69, 9.17) is 25.5 Å². The highest BCUT2D eigenvalue weighted by atomic mass is 35.5. The van der Waals surface area contributed by atoms with Gasteiger partial charge in [0.25, 0.3) is 0 Å². The number of rotatable bonds is 5. The topological polar surface area (TPSA) is 74.7 Å². The molecule has 1 heterocycles. The van der Waals surface area contributed by atoms with Crippen LogP contribution in [0.5, 0.6) is 11.5 Å². The van der Waals surface area contributed by atoms with Gasteiger partial charge in [0.2, 0.25) is 0 Å². The van der Waals surface area contributed by atoms with Crippen molar-refractivity contribution >= 4 is 17.5 Å². The maximum Gasteiger partial charge on any atom is 0.433 e. The van der Waals surface area contributed by atoms with Crippen LogP contribution < -0.4 is 9.47 Å². The lowest BCUT2D eigenvalue weighted by molar-refractivity contribution is -0.402. The van der Waals surface area contributed by atoms with Gasteiger partial charge < -0.3 is 13.9 Å². The summed E-state index contributed by atoms with van der Waals surface area (Å²) in [6.07, 6.45) is 0. The summed E-state index contributed by atoms with van der Waals surface area (Å²) in [5.74, 6) is -0.522. The predicted octanol–water partition coefficient (Wildman–Crippen LogP) is 3.67. The van der Waals surface area contributed by atoms with Gasteiger partial charge >= 0.3 is 5.88 Å². The number of hydrogen-bond donors (Lipinski definition) is 0. The zero-order valence-corrected chi connectivity index (χ0v) is 11.9. The summed E-state index contributed by atoms with van der Waals surface area (Å²) < 4.78 is 29.1. The molecule has 2 aromatic rings. The Morgan fingerprint density at radius 2 is 1.90 bits per heavy atom. The molecular weight excluding hydrogens is 305 g/mol. The molecule has 8 heteroatoms. The zero-order chi connectivity index (χ0) is 15.6. The molecule has 0 aliphatic rings. The quantitative estimate of drug-likeness (QED) is 0.478. The van der Waals surface area contributed by atoms with E-state index in [1.54, 1.807) is 0 Å². The highest BCUT2D eigenvalue weighted by Gasteiger charge is 2.24. The second kappa shape index (κ2) is 6.01. The molecule has 1 aromatic heterocycles. The Morgan fingerprint density at radius 1 is 1.29 bits per heavy atom. The van der Waals surface area contributed by atoms with Crippen molar-refractivity contribution in [3.05, 3.63) is 51.5 Å². The fourth-order valence-electron chi connectivity index (χ4n) is 1.79. The molecule has 0 saturated carbocycles. The first-order chi connectivity index (χ1) is 9.97. The van der Waals surface area contributed by atoms with Gasteiger partial charge in [-0.05, 0) is 12.1 Å². The summed E-state index contributed by atoms with van der Waals surface area (Å²) in [6.45, 7) is 0. The van der Waals surface area contributed by atoms with Crippen molar-refractivity contribution in [1.82, 2.24) is 0 Å². The van der Waals surface area contributed by atoms with Gasteiger partial charge in [0.15, 0.2) is 11.5 Å². The first-order valence-electron chi connectivity index (χ1n) is 5.77. The van der Waals surface area contributed by atoms with E-state index >= 15 is 0 Å². The number of nitro groups is 1. The van der Waals surface area contributed by atoms with Crippen LogP contribution in [0.15, 0.2) is 28.7 Å². The Morgan fingerprint density at radius 3 is 2.43 bits per heavy atom. The van der Waals surface area contributed by atoms with Crippen LogP contribution >= 0.6 is 11.6 Å². The summed E-state index contributed by atoms with van der Waals surface area (Å²) in [5, 5.41) is 9.55. The van der Waals surface area contributed by atoms with Gasteiger partial charge in [-0.25, -0.2) is 4.39 Å². The molecule has 1 atom stereocenters. The summed E-state index contributed by atoms with van der Waals surface area (Å²) in [7, 11) is 2.78. The van der Waals surface area contributed by atoms with Crippen molar-refractivity contribution in [1.29, 1.82) is 0 Å². The zero-order valence-electron chi connectivity index (χ0n) is 11.1. The SMILES string of the molecule is COc1cc(F)c(C(Cl)c2ccc([N+](=O)[O-])o2)cc1OC. The van der Waals surface area contributed by atoms with Crippen molar-refractivity contribution in [3.63, 3.8) is 0 Å². The smallest absolute Gasteiger partial charge is 0.433 e. The highest BCUT2D eigenvalue weighted by Crippen LogP contribution is 2.38. The van der Waals surface area contributed by atoms with E-state index in [1.165, 1.54) is 26.4 Å². The van der Waals surface area contributed by atoms with Gasteiger partial charge in [-0.3, -0.25) is 10.1 Å². The van der Waals surface area contributed by atoms with Gasteiger partial charge in [0, 0.05) is 11.6 Å². The maximum atomic E-state index is 14.1. The van der Waals surface area contributed by atoms with Gasteiger partial charge in [-0.15, -0.1) is 11.6 Å². The number of alkyl halides is 1. The average molecular weight is 316 g/mol. The third kappa shape index (κ3) is 2.92. The number of halogens is 2. The molecule has 0 saturated heterocycles. The Labute approximate surface area is 124 Å². The van der Waals surface area contributed by atoms with Crippen molar-refractivity contribution in [2.75, 3.05) is 14.2 Å². The fraction of sp³-hybridized carbons (Fsp3) is 0.231. The molecule has 0 N–H and O–H groups in total. The van der Waals surface area contributed by atoms with Crippen LogP contribution in [0.3, 0.4) is 0 Å². The normalized spacial score (nSPS) is 12.0. The molecule has 0 bridgehead atoms. The van der Waals surface area contributed by atoms with E-state index in [2.05, 4.69) is 0 Å². The summed E-state index contributed by atoms with van der Waals surface area (Å²) in [6, 6.07) is 4.97. The van der Waals surface area contributed by atoms with Crippen molar-refractivity contribution in [3.8, 4) is 11.5 Å². The lowest BCUT2D eigenvalue weighted by atomic mass is 10.1. The van der Waals surface area contributed by atoms with E-state index in [1.807, 2.05) is 0 Å². The lowest BCUT2D eigenvalue weighted by Crippen LogP contribution is -1.99. The van der Waals surface area contributed by atoms with E-state index in [-0.39, 0.29) is 17.1 Å². The number of ether oxygens (including phenoxy) is 2. The third-order valence-electron chi connectivity index (χ3n) is 2.82. The van der Waals surface area contributed by atoms with E-state index in [0.29, 0.717) is 5.75 Å². The molecule has 0 radical (unpaired) electrons. The summed E-state index contributed by atoms with van der Waals surface area (Å²) in [4.78, 5) is 9.89. The second-order valence-corrected chi connectivity index (χ2v) is 4.46. The summed E-state index contributed by atoms with van der Waals surface area (Å²) in [5.41, 5.74) is 0.0681. The van der Waals surface area contributed by atoms with Crippen LogP contribution in [-0.4, -0.2) is 19.1 Å². The minimum atomic E-state index is -1.03. The van der Waals surface area contributed by atoms with Crippen LogP contribution in [0.4, 0.5) is 10.3 Å². The number of hydrogen-bond acceptors (Lipinski definition) is 5. The Balaban J connectivity index is 2.42. The van der Waals surface area contributed by atoms with E-state index in [9.17, 15) is 14.5 Å². The predicted molar refractivity (Wildman–Crippen MR) is 72.6 cm³/mol. The van der Waals surface area contributed by atoms with Crippen molar-refractivity contribution in [2.45, 2.75) is 5.38 Å². The van der Waals surface area contributed by atoms with Gasteiger partial charge in [-0.2, -0.15) is 0 Å². The maximum absolute atomic E-state index is 14.1. The molecule has 112 valence electrons.